The Kier molecular flexibility index (Phi) is 10.2. The van der Waals surface area contributed by atoms with Crippen LogP contribution in [0.1, 0.15) is 46.0 Å². The van der Waals surface area contributed by atoms with Crippen LogP contribution in [0.25, 0.3) is 0 Å². The van der Waals surface area contributed by atoms with E-state index in [0.717, 1.165) is 31.7 Å². The fourth-order valence-corrected chi connectivity index (χ4v) is 4.59. The lowest BCUT2D eigenvalue weighted by Gasteiger charge is -2.29. The van der Waals surface area contributed by atoms with E-state index in [9.17, 15) is 27.2 Å². The average molecular weight is 593 g/mol. The van der Waals surface area contributed by atoms with Gasteiger partial charge < -0.3 is 26.0 Å². The van der Waals surface area contributed by atoms with E-state index < -0.39 is 30.2 Å². The molecule has 2 aromatic carbocycles. The second-order valence-electron chi connectivity index (χ2n) is 9.84. The van der Waals surface area contributed by atoms with Crippen molar-refractivity contribution in [2.75, 3.05) is 17.2 Å². The van der Waals surface area contributed by atoms with Crippen molar-refractivity contribution in [3.8, 4) is 5.75 Å². The minimum atomic E-state index is -4.56. The van der Waals surface area contributed by atoms with Gasteiger partial charge in [0.05, 0.1) is 10.7 Å². The Morgan fingerprint density at radius 2 is 1.72 bits per heavy atom. The standard InChI is InChI=1S/C26H30Cl2F4N4O3/c1-25(2,39-22-10-7-15(27)11-19(22)28)23(37)35-17-6-4-3-5-16(12-17)34-21-9-8-18(13-20(21)29)36-24(38)33-14-26(30,31)32/h7-11,13,16-17,34H,3-6,12,14H2,1-2H3,(H,35,37)(H2,33,36,38). The first-order valence-corrected chi connectivity index (χ1v) is 13.1. The third-order valence-electron chi connectivity index (χ3n) is 6.10. The molecule has 0 bridgehead atoms. The van der Waals surface area contributed by atoms with Gasteiger partial charge in [-0.15, -0.1) is 0 Å². The normalized spacial score (nSPS) is 18.1. The lowest BCUT2D eigenvalue weighted by atomic mass is 10.0. The van der Waals surface area contributed by atoms with E-state index in [4.69, 9.17) is 27.9 Å². The van der Waals surface area contributed by atoms with Crippen LogP contribution in [0.4, 0.5) is 33.7 Å². The molecule has 3 amide bonds. The Morgan fingerprint density at radius 1 is 1.03 bits per heavy atom. The van der Waals surface area contributed by atoms with Crippen LogP contribution < -0.4 is 26.0 Å². The van der Waals surface area contributed by atoms with E-state index in [-0.39, 0.29) is 34.4 Å². The zero-order valence-corrected chi connectivity index (χ0v) is 22.9. The second-order valence-corrected chi connectivity index (χ2v) is 10.7. The molecule has 0 saturated heterocycles. The fraction of sp³-hybridized carbons (Fsp3) is 0.462. The number of anilines is 2. The van der Waals surface area contributed by atoms with Gasteiger partial charge in [-0.3, -0.25) is 4.79 Å². The molecule has 1 fully saturated rings. The number of rotatable bonds is 8. The highest BCUT2D eigenvalue weighted by Gasteiger charge is 2.33. The maximum atomic E-state index is 14.7. The molecule has 0 heterocycles. The number of amides is 3. The van der Waals surface area contributed by atoms with Gasteiger partial charge >= 0.3 is 12.2 Å². The molecule has 1 saturated carbocycles. The first-order valence-electron chi connectivity index (χ1n) is 12.3. The van der Waals surface area contributed by atoms with Gasteiger partial charge in [-0.25, -0.2) is 9.18 Å². The molecule has 0 radical (unpaired) electrons. The molecule has 2 unspecified atom stereocenters. The number of benzene rings is 2. The van der Waals surface area contributed by atoms with Crippen molar-refractivity contribution in [3.05, 3.63) is 52.3 Å². The summed E-state index contributed by atoms with van der Waals surface area (Å²) in [5, 5.41) is 10.7. The van der Waals surface area contributed by atoms with Gasteiger partial charge in [0.1, 0.15) is 18.1 Å². The van der Waals surface area contributed by atoms with Crippen molar-refractivity contribution in [2.45, 2.75) is 69.8 Å². The van der Waals surface area contributed by atoms with Crippen LogP contribution in [0.15, 0.2) is 36.4 Å². The summed E-state index contributed by atoms with van der Waals surface area (Å²) >= 11 is 12.1. The van der Waals surface area contributed by atoms with Gasteiger partial charge in [0.2, 0.25) is 0 Å². The van der Waals surface area contributed by atoms with E-state index >= 15 is 0 Å². The van der Waals surface area contributed by atoms with Gasteiger partial charge in [-0.2, -0.15) is 13.2 Å². The number of nitrogens with one attached hydrogen (secondary N) is 4. The predicted molar refractivity (Wildman–Crippen MR) is 143 cm³/mol. The van der Waals surface area contributed by atoms with Crippen molar-refractivity contribution in [1.82, 2.24) is 10.6 Å². The largest absolute Gasteiger partial charge is 0.476 e. The molecule has 1 aliphatic carbocycles. The van der Waals surface area contributed by atoms with Crippen LogP contribution in [-0.2, 0) is 4.79 Å². The summed E-state index contributed by atoms with van der Waals surface area (Å²) in [7, 11) is 0. The van der Waals surface area contributed by atoms with E-state index in [2.05, 4.69) is 16.0 Å². The molecule has 2 aromatic rings. The Labute approximate surface area is 233 Å². The molecule has 3 rings (SSSR count). The first-order chi connectivity index (χ1) is 18.2. The molecular formula is C26H30Cl2F4N4O3. The fourth-order valence-electron chi connectivity index (χ4n) is 4.15. The number of halogens is 6. The van der Waals surface area contributed by atoms with Gasteiger partial charge in [0.25, 0.3) is 5.91 Å². The average Bonchev–Trinajstić information content (AvgIpc) is 3.05. The quantitative estimate of drug-likeness (QED) is 0.198. The highest BCUT2D eigenvalue weighted by molar-refractivity contribution is 6.35. The topological polar surface area (TPSA) is 91.5 Å². The van der Waals surface area contributed by atoms with E-state index in [1.54, 1.807) is 31.3 Å². The number of alkyl halides is 3. The zero-order chi connectivity index (χ0) is 28.8. The first kappa shape index (κ1) is 30.6. The van der Waals surface area contributed by atoms with Crippen molar-refractivity contribution in [1.29, 1.82) is 0 Å². The van der Waals surface area contributed by atoms with Crippen molar-refractivity contribution >= 4 is 46.5 Å². The molecule has 13 heteroatoms. The highest BCUT2D eigenvalue weighted by Crippen LogP contribution is 2.31. The lowest BCUT2D eigenvalue weighted by molar-refractivity contribution is -0.135. The second kappa shape index (κ2) is 13.0. The number of ether oxygens (including phenoxy) is 1. The number of carbonyl (C=O) groups is 2. The number of carbonyl (C=O) groups excluding carboxylic acids is 2. The van der Waals surface area contributed by atoms with Crippen LogP contribution in [0.3, 0.4) is 0 Å². The van der Waals surface area contributed by atoms with Crippen molar-refractivity contribution < 1.29 is 31.9 Å². The summed E-state index contributed by atoms with van der Waals surface area (Å²) in [6.45, 7) is 1.76. The molecule has 1 aliphatic rings. The minimum Gasteiger partial charge on any atom is -0.476 e. The summed E-state index contributed by atoms with van der Waals surface area (Å²) in [6.07, 6.45) is -0.814. The van der Waals surface area contributed by atoms with Gasteiger partial charge in [-0.1, -0.05) is 36.0 Å². The van der Waals surface area contributed by atoms with Gasteiger partial charge in [0.15, 0.2) is 5.60 Å². The Morgan fingerprint density at radius 3 is 2.36 bits per heavy atom. The smallest absolute Gasteiger partial charge is 0.405 e. The summed E-state index contributed by atoms with van der Waals surface area (Å²) in [5.41, 5.74) is -1.05. The van der Waals surface area contributed by atoms with Crippen LogP contribution in [-0.4, -0.2) is 42.3 Å². The minimum absolute atomic E-state index is 0.00625. The summed E-state index contributed by atoms with van der Waals surface area (Å²) in [6, 6.07) is 7.10. The maximum Gasteiger partial charge on any atom is 0.405 e. The zero-order valence-electron chi connectivity index (χ0n) is 21.4. The molecule has 0 spiro atoms. The summed E-state index contributed by atoms with van der Waals surface area (Å²) in [4.78, 5) is 24.7. The molecular weight excluding hydrogens is 563 g/mol. The number of hydrogen-bond acceptors (Lipinski definition) is 4. The summed E-state index contributed by atoms with van der Waals surface area (Å²) in [5.74, 6) is -0.680. The molecule has 214 valence electrons. The third kappa shape index (κ3) is 9.65. The SMILES string of the molecule is CC(C)(Oc1ccc(Cl)cc1Cl)C(=O)NC1CCCCC(Nc2ccc(NC(=O)NCC(F)(F)F)cc2F)C1. The number of hydrogen-bond donors (Lipinski definition) is 4. The molecule has 0 aromatic heterocycles. The van der Waals surface area contributed by atoms with Crippen LogP contribution in [0.2, 0.25) is 10.0 Å². The third-order valence-corrected chi connectivity index (χ3v) is 6.63. The Hall–Kier alpha value is -2.92. The highest BCUT2D eigenvalue weighted by atomic mass is 35.5. The van der Waals surface area contributed by atoms with Gasteiger partial charge in [0, 0.05) is 22.8 Å². The van der Waals surface area contributed by atoms with E-state index in [1.807, 2.05) is 0 Å². The van der Waals surface area contributed by atoms with E-state index in [1.165, 1.54) is 18.2 Å². The lowest BCUT2D eigenvalue weighted by Crippen LogP contribution is -2.50. The van der Waals surface area contributed by atoms with Crippen molar-refractivity contribution in [3.63, 3.8) is 0 Å². The van der Waals surface area contributed by atoms with E-state index in [0.29, 0.717) is 17.2 Å². The van der Waals surface area contributed by atoms with Crippen molar-refractivity contribution in [2.24, 2.45) is 0 Å². The molecule has 2 atom stereocenters. The Balaban J connectivity index is 1.58. The summed E-state index contributed by atoms with van der Waals surface area (Å²) < 4.78 is 57.3. The predicted octanol–water partition coefficient (Wildman–Crippen LogP) is 6.90. The van der Waals surface area contributed by atoms with Crippen LogP contribution in [0, 0.1) is 5.82 Å². The Bertz CT molecular complexity index is 1180. The molecule has 39 heavy (non-hydrogen) atoms. The molecule has 4 N–H and O–H groups in total. The number of urea groups is 1. The monoisotopic (exact) mass is 592 g/mol. The van der Waals surface area contributed by atoms with Gasteiger partial charge in [-0.05, 0) is 69.5 Å². The maximum absolute atomic E-state index is 14.7. The molecule has 7 nitrogen and oxygen atoms in total. The van der Waals surface area contributed by atoms with Crippen LogP contribution >= 0.6 is 23.2 Å². The molecule has 0 aliphatic heterocycles. The van der Waals surface area contributed by atoms with Crippen LogP contribution in [0.5, 0.6) is 5.75 Å².